The summed E-state index contributed by atoms with van der Waals surface area (Å²) in [5.41, 5.74) is 4.36. The van der Waals surface area contributed by atoms with Gasteiger partial charge in [0.25, 0.3) is 0 Å². The van der Waals surface area contributed by atoms with E-state index >= 15 is 0 Å². The molecule has 1 saturated heterocycles. The molecule has 0 amide bonds. The minimum Gasteiger partial charge on any atom is -0.374 e. The van der Waals surface area contributed by atoms with Gasteiger partial charge in [-0.1, -0.05) is 35.9 Å². The molecule has 0 bridgehead atoms. The highest BCUT2D eigenvalue weighted by Gasteiger charge is 2.37. The largest absolute Gasteiger partial charge is 0.374 e. The molecule has 1 fully saturated rings. The normalized spacial score (nSPS) is 20.4. The predicted molar refractivity (Wildman–Crippen MR) is 101 cm³/mol. The highest BCUT2D eigenvalue weighted by molar-refractivity contribution is 6.31. The molecule has 2 heterocycles. The first-order valence-electron chi connectivity index (χ1n) is 8.27. The number of nitrogens with zero attached hydrogens (tertiary/aromatic N) is 1. The van der Waals surface area contributed by atoms with Gasteiger partial charge >= 0.3 is 0 Å². The maximum absolute atomic E-state index is 6.38. The first-order chi connectivity index (χ1) is 11.7. The Labute approximate surface area is 147 Å². The minimum atomic E-state index is -0.141. The van der Waals surface area contributed by atoms with E-state index in [1.165, 1.54) is 5.56 Å². The number of pyridine rings is 1. The zero-order chi connectivity index (χ0) is 16.6. The Morgan fingerprint density at radius 2 is 2.08 bits per heavy atom. The van der Waals surface area contributed by atoms with Crippen molar-refractivity contribution in [3.8, 4) is 0 Å². The van der Waals surface area contributed by atoms with Crippen LogP contribution >= 0.6 is 11.6 Å². The second kappa shape index (κ2) is 6.08. The number of hydrogen-bond acceptors (Lipinski definition) is 3. The monoisotopic (exact) mass is 337 g/mol. The Morgan fingerprint density at radius 3 is 2.92 bits per heavy atom. The standard InChI is InChI=1S/C20H20ClN3/c1-14-17(5-2-6-18(14)21)20(9-11-22-13-20)24-16-8-7-15-4-3-10-23-19(15)12-16/h2-8,10,12,22,24H,9,11,13H2,1H3. The van der Waals surface area contributed by atoms with Crippen molar-refractivity contribution in [3.63, 3.8) is 0 Å². The van der Waals surface area contributed by atoms with Crippen LogP contribution in [0.5, 0.6) is 0 Å². The van der Waals surface area contributed by atoms with E-state index in [-0.39, 0.29) is 5.54 Å². The molecule has 122 valence electrons. The summed E-state index contributed by atoms with van der Waals surface area (Å²) < 4.78 is 0. The van der Waals surface area contributed by atoms with Crippen LogP contribution in [-0.4, -0.2) is 18.1 Å². The number of hydrogen-bond donors (Lipinski definition) is 2. The molecule has 0 spiro atoms. The van der Waals surface area contributed by atoms with Crippen LogP contribution in [0.15, 0.2) is 54.7 Å². The molecule has 2 aromatic carbocycles. The van der Waals surface area contributed by atoms with E-state index in [4.69, 9.17) is 11.6 Å². The third-order valence-corrected chi connectivity index (χ3v) is 5.34. The average molecular weight is 338 g/mol. The topological polar surface area (TPSA) is 37.0 Å². The van der Waals surface area contributed by atoms with E-state index in [9.17, 15) is 0 Å². The molecular formula is C20H20ClN3. The highest BCUT2D eigenvalue weighted by Crippen LogP contribution is 2.36. The fourth-order valence-electron chi connectivity index (χ4n) is 3.64. The maximum atomic E-state index is 6.38. The molecule has 0 radical (unpaired) electrons. The number of aromatic nitrogens is 1. The summed E-state index contributed by atoms with van der Waals surface area (Å²) in [6.45, 7) is 3.97. The van der Waals surface area contributed by atoms with Gasteiger partial charge in [0.2, 0.25) is 0 Å². The molecule has 2 N–H and O–H groups in total. The molecular weight excluding hydrogens is 318 g/mol. The first kappa shape index (κ1) is 15.4. The lowest BCUT2D eigenvalue weighted by Crippen LogP contribution is -2.38. The van der Waals surface area contributed by atoms with Crippen LogP contribution in [-0.2, 0) is 5.54 Å². The van der Waals surface area contributed by atoms with Crippen molar-refractivity contribution in [3.05, 3.63) is 70.9 Å². The SMILES string of the molecule is Cc1c(Cl)cccc1C1(Nc2ccc3cccnc3c2)CCNC1. The number of fused-ring (bicyclic) bond motifs is 1. The zero-order valence-corrected chi connectivity index (χ0v) is 14.4. The Hall–Kier alpha value is -2.10. The van der Waals surface area contributed by atoms with Gasteiger partial charge in [0.05, 0.1) is 11.1 Å². The summed E-state index contributed by atoms with van der Waals surface area (Å²) in [5, 5.41) is 9.24. The molecule has 3 aromatic rings. The molecule has 0 saturated carbocycles. The van der Waals surface area contributed by atoms with Crippen LogP contribution in [0.2, 0.25) is 5.02 Å². The second-order valence-corrected chi connectivity index (χ2v) is 6.86. The van der Waals surface area contributed by atoms with Gasteiger partial charge in [0.1, 0.15) is 0 Å². The van der Waals surface area contributed by atoms with Crippen molar-refractivity contribution in [2.45, 2.75) is 18.9 Å². The van der Waals surface area contributed by atoms with Crippen LogP contribution in [0.25, 0.3) is 10.9 Å². The summed E-state index contributed by atoms with van der Waals surface area (Å²) in [4.78, 5) is 4.47. The van der Waals surface area contributed by atoms with Crippen LogP contribution < -0.4 is 10.6 Å². The fraction of sp³-hybridized carbons (Fsp3) is 0.250. The van der Waals surface area contributed by atoms with Gasteiger partial charge in [0, 0.05) is 28.8 Å². The Morgan fingerprint density at radius 1 is 1.17 bits per heavy atom. The Bertz CT molecular complexity index is 885. The van der Waals surface area contributed by atoms with Gasteiger partial charge in [-0.15, -0.1) is 0 Å². The number of anilines is 1. The van der Waals surface area contributed by atoms with E-state index in [1.54, 1.807) is 0 Å². The lowest BCUT2D eigenvalue weighted by Gasteiger charge is -2.33. The molecule has 4 heteroatoms. The third kappa shape index (κ3) is 2.64. The van der Waals surface area contributed by atoms with Gasteiger partial charge in [0.15, 0.2) is 0 Å². The smallest absolute Gasteiger partial charge is 0.0764 e. The van der Waals surface area contributed by atoms with Gasteiger partial charge in [-0.05, 0) is 55.3 Å². The van der Waals surface area contributed by atoms with Gasteiger partial charge in [-0.3, -0.25) is 4.98 Å². The zero-order valence-electron chi connectivity index (χ0n) is 13.6. The predicted octanol–water partition coefficient (Wildman–Crippen LogP) is 4.50. The molecule has 1 aromatic heterocycles. The molecule has 1 atom stereocenters. The molecule has 4 rings (SSSR count). The summed E-state index contributed by atoms with van der Waals surface area (Å²) in [6.07, 6.45) is 2.86. The summed E-state index contributed by atoms with van der Waals surface area (Å²) in [5.74, 6) is 0. The van der Waals surface area contributed by atoms with Crippen LogP contribution in [0.1, 0.15) is 17.5 Å². The third-order valence-electron chi connectivity index (χ3n) is 4.93. The van der Waals surface area contributed by atoms with Crippen LogP contribution in [0.3, 0.4) is 0 Å². The molecule has 0 aliphatic carbocycles. The minimum absolute atomic E-state index is 0.141. The molecule has 1 aliphatic rings. The van der Waals surface area contributed by atoms with Crippen molar-refractivity contribution in [2.24, 2.45) is 0 Å². The number of halogens is 1. The van der Waals surface area contributed by atoms with E-state index in [1.807, 2.05) is 24.4 Å². The Balaban J connectivity index is 1.76. The van der Waals surface area contributed by atoms with E-state index in [0.29, 0.717) is 0 Å². The molecule has 3 nitrogen and oxygen atoms in total. The fourth-order valence-corrected chi connectivity index (χ4v) is 3.82. The van der Waals surface area contributed by atoms with Crippen LogP contribution in [0, 0.1) is 6.92 Å². The summed E-state index contributed by atoms with van der Waals surface area (Å²) in [6, 6.07) is 16.6. The molecule has 24 heavy (non-hydrogen) atoms. The van der Waals surface area contributed by atoms with Gasteiger partial charge in [-0.2, -0.15) is 0 Å². The Kier molecular flexibility index (Phi) is 3.91. The summed E-state index contributed by atoms with van der Waals surface area (Å²) in [7, 11) is 0. The van der Waals surface area contributed by atoms with Gasteiger partial charge in [-0.25, -0.2) is 0 Å². The number of rotatable bonds is 3. The van der Waals surface area contributed by atoms with Crippen molar-refractivity contribution in [2.75, 3.05) is 18.4 Å². The quantitative estimate of drug-likeness (QED) is 0.739. The van der Waals surface area contributed by atoms with Gasteiger partial charge < -0.3 is 10.6 Å². The van der Waals surface area contributed by atoms with E-state index in [0.717, 1.165) is 46.7 Å². The number of benzene rings is 2. The molecule has 1 unspecified atom stereocenters. The van der Waals surface area contributed by atoms with Crippen LogP contribution in [0.4, 0.5) is 5.69 Å². The van der Waals surface area contributed by atoms with Crippen molar-refractivity contribution in [1.29, 1.82) is 0 Å². The lowest BCUT2D eigenvalue weighted by molar-refractivity contribution is 0.539. The van der Waals surface area contributed by atoms with Crippen molar-refractivity contribution >= 4 is 28.2 Å². The summed E-state index contributed by atoms with van der Waals surface area (Å²) >= 11 is 6.38. The first-order valence-corrected chi connectivity index (χ1v) is 8.65. The number of nitrogens with one attached hydrogen (secondary N) is 2. The highest BCUT2D eigenvalue weighted by atomic mass is 35.5. The maximum Gasteiger partial charge on any atom is 0.0764 e. The lowest BCUT2D eigenvalue weighted by atomic mass is 9.85. The van der Waals surface area contributed by atoms with E-state index in [2.05, 4.69) is 52.9 Å². The van der Waals surface area contributed by atoms with E-state index < -0.39 is 0 Å². The molecule has 1 aliphatic heterocycles. The average Bonchev–Trinajstić information content (AvgIpc) is 3.06. The van der Waals surface area contributed by atoms with Crippen molar-refractivity contribution < 1.29 is 0 Å². The second-order valence-electron chi connectivity index (χ2n) is 6.46. The van der Waals surface area contributed by atoms with Crippen molar-refractivity contribution in [1.82, 2.24) is 10.3 Å².